The minimum atomic E-state index is -1.98. The topological polar surface area (TPSA) is 307 Å². The number of aliphatic hydroxyl groups excluding tert-OH is 11. The molecule has 0 aromatic carbocycles. The van der Waals surface area contributed by atoms with E-state index in [-0.39, 0.29) is 18.9 Å². The molecule has 3 heterocycles. The Hall–Kier alpha value is -2.51. The van der Waals surface area contributed by atoms with Crippen molar-refractivity contribution < 1.29 is 89.4 Å². The Labute approximate surface area is 490 Å². The SMILES string of the molecule is CC/C=C\C/C=C\C/C=C\C/C=C\CCCCCCCCCCCCCCCCCCCCCCC(=O)NC(COC1OC(CO)C(OC2OC(CO)C(OC3OC(CO)C(O)C(O)C3O)C(O)C2O)C(O)C1O)C(O)/C=C/CCCC. The van der Waals surface area contributed by atoms with Crippen molar-refractivity contribution >= 4 is 5.91 Å². The van der Waals surface area contributed by atoms with Gasteiger partial charge < -0.3 is 89.9 Å². The van der Waals surface area contributed by atoms with Gasteiger partial charge in [0.2, 0.25) is 5.91 Å². The lowest BCUT2D eigenvalue weighted by Gasteiger charge is -2.48. The van der Waals surface area contributed by atoms with Gasteiger partial charge in [-0.25, -0.2) is 0 Å². The lowest BCUT2D eigenvalue weighted by atomic mass is 9.96. The van der Waals surface area contributed by atoms with Crippen molar-refractivity contribution in [2.24, 2.45) is 0 Å². The molecule has 12 N–H and O–H groups in total. The third-order valence-electron chi connectivity index (χ3n) is 15.6. The summed E-state index contributed by atoms with van der Waals surface area (Å²) >= 11 is 0. The van der Waals surface area contributed by atoms with Crippen LogP contribution in [0.4, 0.5) is 0 Å². The molecule has 0 aromatic heterocycles. The highest BCUT2D eigenvalue weighted by Gasteiger charge is 2.53. The van der Waals surface area contributed by atoms with Gasteiger partial charge >= 0.3 is 0 Å². The van der Waals surface area contributed by atoms with Gasteiger partial charge in [0.25, 0.3) is 0 Å². The maximum atomic E-state index is 13.2. The number of amides is 1. The number of carbonyl (C=O) groups is 1. The molecule has 0 bridgehead atoms. The number of unbranched alkanes of at least 4 members (excludes halogenated alkanes) is 22. The number of hydrogen-bond acceptors (Lipinski definition) is 18. The predicted molar refractivity (Wildman–Crippen MR) is 314 cm³/mol. The fourth-order valence-corrected chi connectivity index (χ4v) is 10.4. The molecule has 3 saturated heterocycles. The molecule has 17 atom stereocenters. The summed E-state index contributed by atoms with van der Waals surface area (Å²) in [4.78, 5) is 13.2. The second kappa shape index (κ2) is 45.8. The van der Waals surface area contributed by atoms with E-state index in [9.17, 15) is 61.0 Å². The number of aliphatic hydroxyl groups is 11. The third kappa shape index (κ3) is 28.8. The van der Waals surface area contributed by atoms with Gasteiger partial charge in [-0.2, -0.15) is 0 Å². The second-order valence-corrected chi connectivity index (χ2v) is 22.5. The Balaban J connectivity index is 1.27. The minimum Gasteiger partial charge on any atom is -0.394 e. The number of ether oxygens (including phenoxy) is 6. The molecule has 0 aliphatic carbocycles. The van der Waals surface area contributed by atoms with Crippen molar-refractivity contribution in [1.82, 2.24) is 5.32 Å². The van der Waals surface area contributed by atoms with Crippen LogP contribution in [0.3, 0.4) is 0 Å². The van der Waals surface area contributed by atoms with Crippen LogP contribution < -0.4 is 5.32 Å². The number of rotatable bonds is 46. The number of hydrogen-bond donors (Lipinski definition) is 12. The van der Waals surface area contributed by atoms with Gasteiger partial charge in [0, 0.05) is 6.42 Å². The first-order chi connectivity index (χ1) is 39.8. The van der Waals surface area contributed by atoms with Crippen LogP contribution in [0.1, 0.15) is 200 Å². The zero-order valence-corrected chi connectivity index (χ0v) is 49.7. The van der Waals surface area contributed by atoms with E-state index in [0.717, 1.165) is 57.8 Å². The van der Waals surface area contributed by atoms with Gasteiger partial charge in [-0.15, -0.1) is 0 Å². The average molecular weight is 1170 g/mol. The molecule has 19 nitrogen and oxygen atoms in total. The quantitative estimate of drug-likeness (QED) is 0.0231. The van der Waals surface area contributed by atoms with Gasteiger partial charge in [-0.1, -0.05) is 203 Å². The summed E-state index contributed by atoms with van der Waals surface area (Å²) in [6, 6.07) is -0.968. The van der Waals surface area contributed by atoms with Crippen LogP contribution in [0, 0.1) is 0 Å². The van der Waals surface area contributed by atoms with Crippen molar-refractivity contribution in [3.63, 3.8) is 0 Å². The van der Waals surface area contributed by atoms with Gasteiger partial charge in [0.15, 0.2) is 18.9 Å². The van der Waals surface area contributed by atoms with Gasteiger partial charge in [-0.05, 0) is 51.4 Å². The van der Waals surface area contributed by atoms with E-state index < -0.39 is 124 Å². The first kappa shape index (κ1) is 73.7. The highest BCUT2D eigenvalue weighted by atomic mass is 16.8. The molecule has 82 heavy (non-hydrogen) atoms. The third-order valence-corrected chi connectivity index (χ3v) is 15.6. The highest BCUT2D eigenvalue weighted by molar-refractivity contribution is 5.76. The van der Waals surface area contributed by atoms with E-state index in [4.69, 9.17) is 28.4 Å². The monoisotopic (exact) mass is 1170 g/mol. The minimum absolute atomic E-state index is 0.241. The lowest BCUT2D eigenvalue weighted by molar-refractivity contribution is -0.379. The van der Waals surface area contributed by atoms with Crippen LogP contribution in [0.5, 0.6) is 0 Å². The van der Waals surface area contributed by atoms with Crippen molar-refractivity contribution in [1.29, 1.82) is 0 Å². The van der Waals surface area contributed by atoms with E-state index in [0.29, 0.717) is 12.8 Å². The van der Waals surface area contributed by atoms with Crippen LogP contribution in [-0.2, 0) is 33.2 Å². The van der Waals surface area contributed by atoms with E-state index in [1.165, 1.54) is 109 Å². The molecule has 0 aromatic rings. The van der Waals surface area contributed by atoms with E-state index >= 15 is 0 Å². The molecular weight excluding hydrogens is 1060 g/mol. The Morgan fingerprint density at radius 2 is 0.841 bits per heavy atom. The van der Waals surface area contributed by atoms with E-state index in [2.05, 4.69) is 60.8 Å². The number of nitrogens with one attached hydrogen (secondary N) is 1. The van der Waals surface area contributed by atoms with Crippen molar-refractivity contribution in [2.75, 3.05) is 26.4 Å². The van der Waals surface area contributed by atoms with E-state index in [1.807, 2.05) is 13.0 Å². The molecular formula is C63H111NO18. The fourth-order valence-electron chi connectivity index (χ4n) is 10.4. The van der Waals surface area contributed by atoms with Crippen LogP contribution in [0.15, 0.2) is 60.8 Å². The Morgan fingerprint density at radius 3 is 1.30 bits per heavy atom. The molecule has 3 aliphatic rings. The molecule has 0 radical (unpaired) electrons. The Kier molecular flexibility index (Phi) is 41.2. The molecule has 1 amide bonds. The predicted octanol–water partition coefficient (Wildman–Crippen LogP) is 6.43. The Morgan fingerprint density at radius 1 is 0.451 bits per heavy atom. The van der Waals surface area contributed by atoms with Crippen LogP contribution in [-0.4, -0.2) is 193 Å². The van der Waals surface area contributed by atoms with Crippen molar-refractivity contribution in [3.8, 4) is 0 Å². The number of allylic oxidation sites excluding steroid dienone is 9. The highest BCUT2D eigenvalue weighted by Crippen LogP contribution is 2.33. The smallest absolute Gasteiger partial charge is 0.220 e. The van der Waals surface area contributed by atoms with Gasteiger partial charge in [0.05, 0.1) is 38.6 Å². The zero-order chi connectivity index (χ0) is 59.7. The maximum absolute atomic E-state index is 13.2. The average Bonchev–Trinajstić information content (AvgIpc) is 3.49. The summed E-state index contributed by atoms with van der Waals surface area (Å²) < 4.78 is 34.0. The summed E-state index contributed by atoms with van der Waals surface area (Å²) in [7, 11) is 0. The molecule has 3 fully saturated rings. The van der Waals surface area contributed by atoms with Crippen LogP contribution in [0.2, 0.25) is 0 Å². The van der Waals surface area contributed by atoms with Crippen molar-refractivity contribution in [2.45, 2.75) is 304 Å². The van der Waals surface area contributed by atoms with Gasteiger partial charge in [-0.3, -0.25) is 4.79 Å². The first-order valence-corrected chi connectivity index (χ1v) is 31.5. The van der Waals surface area contributed by atoms with Crippen LogP contribution in [0.25, 0.3) is 0 Å². The lowest BCUT2D eigenvalue weighted by Crippen LogP contribution is -2.66. The molecule has 0 saturated carbocycles. The molecule has 19 heteroatoms. The molecule has 0 spiro atoms. The normalized spacial score (nSPS) is 30.0. The Bertz CT molecular complexity index is 1730. The van der Waals surface area contributed by atoms with Gasteiger partial charge in [0.1, 0.15) is 73.2 Å². The van der Waals surface area contributed by atoms with Crippen molar-refractivity contribution in [3.05, 3.63) is 60.8 Å². The summed E-state index contributed by atoms with van der Waals surface area (Å²) in [6.07, 6.45) is 27.6. The zero-order valence-electron chi connectivity index (χ0n) is 49.7. The maximum Gasteiger partial charge on any atom is 0.220 e. The summed E-state index contributed by atoms with van der Waals surface area (Å²) in [6.45, 7) is 1.43. The number of carbonyl (C=O) groups excluding carboxylic acids is 1. The molecule has 476 valence electrons. The standard InChI is InChI=1S/C63H111NO18/c1-3-5-7-9-10-11-12-13-14-15-16-17-18-19-20-21-22-23-24-25-26-27-28-29-30-31-32-33-34-35-36-37-39-41-51(69)64-46(47(68)40-38-8-6-4-2)45-77-61-57(75)54(72)59(49(43-66)79-61)82-63-58(76)55(73)60(50(44-67)80-63)81-62-56(74)53(71)52(70)48(42-65)78-62/h5,7,10-11,13-14,16-17,38,40,46-50,52-63,65-68,70-76H,3-4,6,8-9,12,15,18-37,39,41-45H2,1-2H3,(H,64,69)/b7-5-,11-10-,14-13-,17-16-,40-38+. The summed E-state index contributed by atoms with van der Waals surface area (Å²) in [5, 5.41) is 119. The first-order valence-electron chi connectivity index (χ1n) is 31.5. The van der Waals surface area contributed by atoms with E-state index in [1.54, 1.807) is 6.08 Å². The summed E-state index contributed by atoms with van der Waals surface area (Å²) in [5.74, 6) is -0.285. The molecule has 17 unspecified atom stereocenters. The largest absolute Gasteiger partial charge is 0.394 e. The fraction of sp³-hybridized carbons (Fsp3) is 0.825. The second-order valence-electron chi connectivity index (χ2n) is 22.5. The molecule has 3 aliphatic heterocycles. The summed E-state index contributed by atoms with van der Waals surface area (Å²) in [5.41, 5.74) is 0. The van der Waals surface area contributed by atoms with Crippen LogP contribution >= 0.6 is 0 Å². The molecule has 3 rings (SSSR count).